The van der Waals surface area contributed by atoms with E-state index in [0.717, 1.165) is 29.5 Å². The van der Waals surface area contributed by atoms with Gasteiger partial charge in [0.1, 0.15) is 5.82 Å². The van der Waals surface area contributed by atoms with Crippen molar-refractivity contribution in [1.29, 1.82) is 0 Å². The zero-order valence-electron chi connectivity index (χ0n) is 26.3. The zero-order chi connectivity index (χ0) is 35.5. The molecule has 1 atom stereocenters. The number of fused-ring (bicyclic) bond motifs is 1. The number of nitro benzene ring substituents is 2. The standard InChI is InChI=1S/C35H25FN4O9S/c1-3-48-34(42)30-31(21-7-5-4-6-8-21)37-35-38(32(30)22-10-12-23(36)13-11-22)33(41)29(50-35)18-20-9-15-27(28(17-20)47-2)49-26-16-14-24(39(43)44)19-25(26)40(45)46/h4-19,32H,3H2,1-2H3/b29-18-/t32-/m0/s1. The van der Waals surface area contributed by atoms with Crippen molar-refractivity contribution in [2.24, 2.45) is 4.99 Å². The number of carbonyl (C=O) groups excluding carboxylic acids is 1. The van der Waals surface area contributed by atoms with Crippen LogP contribution in [0.1, 0.15) is 29.7 Å². The van der Waals surface area contributed by atoms with Crippen molar-refractivity contribution in [1.82, 2.24) is 4.57 Å². The van der Waals surface area contributed by atoms with E-state index in [4.69, 9.17) is 19.2 Å². The van der Waals surface area contributed by atoms with Crippen LogP contribution in [-0.4, -0.2) is 34.1 Å². The first-order valence-electron chi connectivity index (χ1n) is 14.9. The molecule has 0 amide bonds. The molecule has 0 unspecified atom stereocenters. The second-order valence-electron chi connectivity index (χ2n) is 10.7. The van der Waals surface area contributed by atoms with Crippen LogP contribution >= 0.6 is 11.3 Å². The first-order chi connectivity index (χ1) is 24.1. The number of hydrogen-bond donors (Lipinski definition) is 0. The van der Waals surface area contributed by atoms with Crippen molar-refractivity contribution >= 4 is 40.5 Å². The molecule has 0 bridgehead atoms. The Morgan fingerprint density at radius 1 is 0.960 bits per heavy atom. The fourth-order valence-corrected chi connectivity index (χ4v) is 6.38. The van der Waals surface area contributed by atoms with Crippen LogP contribution in [0.2, 0.25) is 0 Å². The molecule has 6 rings (SSSR count). The van der Waals surface area contributed by atoms with Gasteiger partial charge in [-0.25, -0.2) is 14.2 Å². The van der Waals surface area contributed by atoms with Crippen LogP contribution in [0.25, 0.3) is 11.8 Å². The Morgan fingerprint density at radius 2 is 1.68 bits per heavy atom. The van der Waals surface area contributed by atoms with Crippen molar-refractivity contribution < 1.29 is 33.2 Å². The molecule has 50 heavy (non-hydrogen) atoms. The van der Waals surface area contributed by atoms with Gasteiger partial charge in [-0.05, 0) is 54.5 Å². The fourth-order valence-electron chi connectivity index (χ4n) is 5.38. The minimum Gasteiger partial charge on any atom is -0.493 e. The van der Waals surface area contributed by atoms with Crippen molar-refractivity contribution in [2.75, 3.05) is 13.7 Å². The molecular weight excluding hydrogens is 671 g/mol. The number of benzene rings is 4. The number of esters is 1. The number of nitro groups is 2. The van der Waals surface area contributed by atoms with E-state index >= 15 is 0 Å². The van der Waals surface area contributed by atoms with Crippen molar-refractivity contribution in [3.63, 3.8) is 0 Å². The van der Waals surface area contributed by atoms with Crippen LogP contribution in [-0.2, 0) is 9.53 Å². The maximum absolute atomic E-state index is 14.1. The molecule has 2 heterocycles. The molecule has 5 aromatic rings. The van der Waals surface area contributed by atoms with Crippen molar-refractivity contribution in [2.45, 2.75) is 13.0 Å². The second-order valence-corrected chi connectivity index (χ2v) is 11.7. The van der Waals surface area contributed by atoms with E-state index in [1.165, 1.54) is 42.0 Å². The molecule has 0 saturated heterocycles. The van der Waals surface area contributed by atoms with E-state index in [0.29, 0.717) is 27.2 Å². The third-order valence-corrected chi connectivity index (χ3v) is 8.60. The van der Waals surface area contributed by atoms with Gasteiger partial charge in [0, 0.05) is 11.6 Å². The molecule has 1 aromatic heterocycles. The highest BCUT2D eigenvalue weighted by molar-refractivity contribution is 7.07. The Balaban J connectivity index is 1.48. The number of carbonyl (C=O) groups is 1. The number of rotatable bonds is 10. The van der Waals surface area contributed by atoms with Crippen LogP contribution in [0.15, 0.2) is 106 Å². The van der Waals surface area contributed by atoms with Crippen molar-refractivity contribution in [3.05, 3.63) is 159 Å². The summed E-state index contributed by atoms with van der Waals surface area (Å²) in [4.78, 5) is 54.0. The number of nitrogens with zero attached hydrogens (tertiary/aromatic N) is 4. The van der Waals surface area contributed by atoms with Gasteiger partial charge in [0.15, 0.2) is 16.3 Å². The highest BCUT2D eigenvalue weighted by atomic mass is 32.1. The van der Waals surface area contributed by atoms with E-state index in [1.807, 2.05) is 6.07 Å². The fraction of sp³-hybridized carbons (Fsp3) is 0.114. The molecule has 0 radical (unpaired) electrons. The molecule has 252 valence electrons. The maximum atomic E-state index is 14.1. The molecule has 15 heteroatoms. The molecule has 0 N–H and O–H groups in total. The van der Waals surface area contributed by atoms with E-state index in [-0.39, 0.29) is 34.0 Å². The summed E-state index contributed by atoms with van der Waals surface area (Å²) in [6.45, 7) is 1.74. The molecule has 1 aliphatic heterocycles. The summed E-state index contributed by atoms with van der Waals surface area (Å²) < 4.78 is 32.3. The Hall–Kier alpha value is -6.48. The first kappa shape index (κ1) is 33.4. The van der Waals surface area contributed by atoms with E-state index in [2.05, 4.69) is 0 Å². The maximum Gasteiger partial charge on any atom is 0.338 e. The molecule has 4 aromatic carbocycles. The molecule has 0 aliphatic carbocycles. The highest BCUT2D eigenvalue weighted by Crippen LogP contribution is 2.39. The van der Waals surface area contributed by atoms with Crippen LogP contribution in [0.5, 0.6) is 17.2 Å². The molecule has 0 fully saturated rings. The largest absolute Gasteiger partial charge is 0.493 e. The Morgan fingerprint density at radius 3 is 2.34 bits per heavy atom. The molecular formula is C35H25FN4O9S. The smallest absolute Gasteiger partial charge is 0.338 e. The molecule has 0 saturated carbocycles. The van der Waals surface area contributed by atoms with Crippen molar-refractivity contribution in [3.8, 4) is 17.2 Å². The Bertz CT molecular complexity index is 2370. The van der Waals surface area contributed by atoms with Gasteiger partial charge in [-0.15, -0.1) is 0 Å². The van der Waals surface area contributed by atoms with E-state index in [9.17, 15) is 34.2 Å². The van der Waals surface area contributed by atoms with Gasteiger partial charge in [-0.2, -0.15) is 0 Å². The Labute approximate surface area is 285 Å². The normalized spacial score (nSPS) is 14.1. The summed E-state index contributed by atoms with van der Waals surface area (Å²) in [5.74, 6) is -1.18. The zero-order valence-corrected chi connectivity index (χ0v) is 27.1. The van der Waals surface area contributed by atoms with Crippen LogP contribution < -0.4 is 24.4 Å². The lowest BCUT2D eigenvalue weighted by atomic mass is 9.93. The number of methoxy groups -OCH3 is 1. The molecule has 1 aliphatic rings. The highest BCUT2D eigenvalue weighted by Gasteiger charge is 2.35. The third kappa shape index (κ3) is 6.49. The second kappa shape index (κ2) is 13.9. The first-order valence-corrected chi connectivity index (χ1v) is 15.7. The minimum absolute atomic E-state index is 0.0735. The summed E-state index contributed by atoms with van der Waals surface area (Å²) in [6.07, 6.45) is 1.59. The molecule has 0 spiro atoms. The number of non-ortho nitro benzene ring substituents is 1. The summed E-state index contributed by atoms with van der Waals surface area (Å²) in [5, 5.41) is 22.7. The van der Waals surface area contributed by atoms with Gasteiger partial charge in [0.25, 0.3) is 11.2 Å². The summed E-state index contributed by atoms with van der Waals surface area (Å²) in [7, 11) is 1.36. The van der Waals surface area contributed by atoms with Crippen LogP contribution in [0.3, 0.4) is 0 Å². The average molecular weight is 697 g/mol. The predicted octanol–water partition coefficient (Wildman–Crippen LogP) is 5.69. The lowest BCUT2D eigenvalue weighted by molar-refractivity contribution is -0.394. The van der Waals surface area contributed by atoms with Crippen LogP contribution in [0.4, 0.5) is 15.8 Å². The quantitative estimate of drug-likeness (QED) is 0.101. The molecule has 13 nitrogen and oxygen atoms in total. The number of thiazole rings is 1. The van der Waals surface area contributed by atoms with Gasteiger partial charge >= 0.3 is 11.7 Å². The average Bonchev–Trinajstić information content (AvgIpc) is 3.42. The summed E-state index contributed by atoms with van der Waals surface area (Å²) in [6, 6.07) is 21.1. The summed E-state index contributed by atoms with van der Waals surface area (Å²) >= 11 is 1.08. The predicted molar refractivity (Wildman–Crippen MR) is 180 cm³/mol. The number of halogens is 1. The van der Waals surface area contributed by atoms with Gasteiger partial charge in [0.05, 0.1) is 51.5 Å². The number of aromatic nitrogens is 1. The number of hydrogen-bond acceptors (Lipinski definition) is 11. The van der Waals surface area contributed by atoms with E-state index in [1.54, 1.807) is 49.4 Å². The SMILES string of the molecule is CCOC(=O)C1=C(c2ccccc2)N=c2s/c(=C\c3ccc(Oc4ccc([N+](=O)[O-])cc4[N+](=O)[O-])c(OC)c3)c(=O)n2[C@H]1c1ccc(F)cc1. The lowest BCUT2D eigenvalue weighted by Crippen LogP contribution is -2.40. The number of ether oxygens (including phenoxy) is 3. The monoisotopic (exact) mass is 696 g/mol. The lowest BCUT2D eigenvalue weighted by Gasteiger charge is -2.25. The minimum atomic E-state index is -0.994. The summed E-state index contributed by atoms with van der Waals surface area (Å²) in [5.41, 5.74) is 0.449. The van der Waals surface area contributed by atoms with Gasteiger partial charge in [0.2, 0.25) is 5.75 Å². The van der Waals surface area contributed by atoms with Gasteiger partial charge in [-0.3, -0.25) is 29.6 Å². The van der Waals surface area contributed by atoms with Gasteiger partial charge < -0.3 is 14.2 Å². The third-order valence-electron chi connectivity index (χ3n) is 7.61. The van der Waals surface area contributed by atoms with Gasteiger partial charge in [-0.1, -0.05) is 59.9 Å². The van der Waals surface area contributed by atoms with Crippen LogP contribution in [0, 0.1) is 26.0 Å². The Kier molecular flexibility index (Phi) is 9.32. The van der Waals surface area contributed by atoms with E-state index < -0.39 is 44.6 Å². The topological polar surface area (TPSA) is 165 Å².